The summed E-state index contributed by atoms with van der Waals surface area (Å²) in [6.07, 6.45) is 3.62. The zero-order valence-electron chi connectivity index (χ0n) is 11.8. The maximum Gasteiger partial charge on any atom is 0.248 e. The quantitative estimate of drug-likeness (QED) is 0.918. The van der Waals surface area contributed by atoms with Crippen LogP contribution in [0.1, 0.15) is 29.7 Å². The molecule has 4 nitrogen and oxygen atoms in total. The van der Waals surface area contributed by atoms with Gasteiger partial charge in [0.15, 0.2) is 0 Å². The molecule has 1 aromatic heterocycles. The Labute approximate surface area is 113 Å². The van der Waals surface area contributed by atoms with Crippen LogP contribution in [0.25, 0.3) is 0 Å². The van der Waals surface area contributed by atoms with Gasteiger partial charge in [-0.3, -0.25) is 9.48 Å². The highest BCUT2D eigenvalue weighted by molar-refractivity contribution is 5.94. The Bertz CT molecular complexity index is 601. The maximum atomic E-state index is 12.2. The molecule has 100 valence electrons. The molecular weight excluding hydrogens is 238 g/mol. The molecule has 1 atom stereocenters. The normalized spacial score (nSPS) is 12.2. The summed E-state index contributed by atoms with van der Waals surface area (Å²) in [5, 5.41) is 7.13. The molecule has 4 heteroatoms. The molecule has 1 heterocycles. The molecule has 0 aliphatic carbocycles. The van der Waals surface area contributed by atoms with Crippen molar-refractivity contribution in [1.82, 2.24) is 9.78 Å². The van der Waals surface area contributed by atoms with Crippen LogP contribution >= 0.6 is 0 Å². The van der Waals surface area contributed by atoms with Crippen molar-refractivity contribution in [3.63, 3.8) is 0 Å². The van der Waals surface area contributed by atoms with Crippen molar-refractivity contribution >= 4 is 11.6 Å². The van der Waals surface area contributed by atoms with E-state index >= 15 is 0 Å². The lowest BCUT2D eigenvalue weighted by molar-refractivity contribution is -0.119. The molecule has 1 unspecified atom stereocenters. The predicted octanol–water partition coefficient (Wildman–Crippen LogP) is 3.01. The number of amides is 1. The van der Waals surface area contributed by atoms with E-state index in [2.05, 4.69) is 10.4 Å². The van der Waals surface area contributed by atoms with Crippen molar-refractivity contribution in [3.8, 4) is 0 Å². The topological polar surface area (TPSA) is 46.9 Å². The summed E-state index contributed by atoms with van der Waals surface area (Å²) < 4.78 is 1.68. The van der Waals surface area contributed by atoms with Gasteiger partial charge in [0.1, 0.15) is 6.04 Å². The van der Waals surface area contributed by atoms with E-state index in [0.29, 0.717) is 0 Å². The second-order valence-electron chi connectivity index (χ2n) is 4.98. The van der Waals surface area contributed by atoms with Crippen molar-refractivity contribution in [2.75, 3.05) is 5.32 Å². The second kappa shape index (κ2) is 5.26. The Balaban J connectivity index is 2.14. The van der Waals surface area contributed by atoms with Gasteiger partial charge in [-0.15, -0.1) is 0 Å². The lowest BCUT2D eigenvalue weighted by Crippen LogP contribution is -2.24. The van der Waals surface area contributed by atoms with Gasteiger partial charge >= 0.3 is 0 Å². The van der Waals surface area contributed by atoms with Gasteiger partial charge in [0.2, 0.25) is 5.91 Å². The first-order valence-corrected chi connectivity index (χ1v) is 6.36. The first kappa shape index (κ1) is 13.3. The molecule has 2 rings (SSSR count). The van der Waals surface area contributed by atoms with Crippen molar-refractivity contribution < 1.29 is 4.79 Å². The average molecular weight is 257 g/mol. The Morgan fingerprint density at radius 3 is 2.63 bits per heavy atom. The van der Waals surface area contributed by atoms with Crippen LogP contribution in [0.5, 0.6) is 0 Å². The van der Waals surface area contributed by atoms with Gasteiger partial charge in [-0.25, -0.2) is 0 Å². The van der Waals surface area contributed by atoms with E-state index in [-0.39, 0.29) is 11.9 Å². The zero-order valence-corrected chi connectivity index (χ0v) is 11.8. The van der Waals surface area contributed by atoms with E-state index < -0.39 is 0 Å². The summed E-state index contributed by atoms with van der Waals surface area (Å²) >= 11 is 0. The Morgan fingerprint density at radius 2 is 2.00 bits per heavy atom. The molecule has 0 aliphatic rings. The summed E-state index contributed by atoms with van der Waals surface area (Å²) in [4.78, 5) is 12.2. The fourth-order valence-electron chi connectivity index (χ4n) is 1.87. The van der Waals surface area contributed by atoms with E-state index in [1.165, 1.54) is 0 Å². The molecule has 0 radical (unpaired) electrons. The number of hydrogen-bond acceptors (Lipinski definition) is 2. The number of rotatable bonds is 3. The minimum absolute atomic E-state index is 0.0585. The van der Waals surface area contributed by atoms with Crippen molar-refractivity contribution in [2.24, 2.45) is 0 Å². The third-order valence-corrected chi connectivity index (χ3v) is 3.16. The largest absolute Gasteiger partial charge is 0.324 e. The number of hydrogen-bond donors (Lipinski definition) is 1. The zero-order chi connectivity index (χ0) is 14.0. The number of nitrogens with zero attached hydrogens (tertiary/aromatic N) is 2. The Kier molecular flexibility index (Phi) is 3.69. The minimum atomic E-state index is -0.325. The standard InChI is InChI=1S/C15H19N3O/c1-10-5-6-12(3)14(7-10)17-15(19)13(4)18-9-11(2)8-16-18/h5-9,13H,1-4H3,(H,17,19). The SMILES string of the molecule is Cc1ccc(C)c(NC(=O)C(C)n2cc(C)cn2)c1. The Hall–Kier alpha value is -2.10. The molecule has 0 saturated heterocycles. The molecule has 0 fully saturated rings. The van der Waals surface area contributed by atoms with Crippen LogP contribution in [0.2, 0.25) is 0 Å². The number of aryl methyl sites for hydroxylation is 3. The molecular formula is C15H19N3O. The molecule has 0 aliphatic heterocycles. The summed E-state index contributed by atoms with van der Waals surface area (Å²) in [6.45, 7) is 7.79. The van der Waals surface area contributed by atoms with E-state index in [1.807, 2.05) is 52.1 Å². The van der Waals surface area contributed by atoms with Gasteiger partial charge in [0.25, 0.3) is 0 Å². The van der Waals surface area contributed by atoms with Gasteiger partial charge in [0, 0.05) is 11.9 Å². The molecule has 2 aromatic rings. The minimum Gasteiger partial charge on any atom is -0.324 e. The lowest BCUT2D eigenvalue weighted by atomic mass is 10.1. The van der Waals surface area contributed by atoms with E-state index in [9.17, 15) is 4.79 Å². The first-order valence-electron chi connectivity index (χ1n) is 6.36. The number of carbonyl (C=O) groups is 1. The highest BCUT2D eigenvalue weighted by Crippen LogP contribution is 2.18. The third kappa shape index (κ3) is 3.02. The van der Waals surface area contributed by atoms with Crippen molar-refractivity contribution in [1.29, 1.82) is 0 Å². The molecule has 0 spiro atoms. The third-order valence-electron chi connectivity index (χ3n) is 3.16. The number of aromatic nitrogens is 2. The monoisotopic (exact) mass is 257 g/mol. The second-order valence-corrected chi connectivity index (χ2v) is 4.98. The van der Waals surface area contributed by atoms with Crippen LogP contribution in [0.15, 0.2) is 30.6 Å². The van der Waals surface area contributed by atoms with Crippen LogP contribution in [-0.2, 0) is 4.79 Å². The van der Waals surface area contributed by atoms with E-state index in [1.54, 1.807) is 10.9 Å². The molecule has 1 aromatic carbocycles. The van der Waals surface area contributed by atoms with Crippen molar-refractivity contribution in [3.05, 3.63) is 47.3 Å². The molecule has 19 heavy (non-hydrogen) atoms. The lowest BCUT2D eigenvalue weighted by Gasteiger charge is -2.14. The van der Waals surface area contributed by atoms with E-state index in [0.717, 1.165) is 22.4 Å². The fourth-order valence-corrected chi connectivity index (χ4v) is 1.87. The molecule has 1 amide bonds. The smallest absolute Gasteiger partial charge is 0.248 e. The Morgan fingerprint density at radius 1 is 1.26 bits per heavy atom. The van der Waals surface area contributed by atoms with Crippen LogP contribution in [0, 0.1) is 20.8 Å². The fraction of sp³-hybridized carbons (Fsp3) is 0.333. The molecule has 0 saturated carbocycles. The summed E-state index contributed by atoms with van der Waals surface area (Å²) in [6, 6.07) is 5.70. The predicted molar refractivity (Wildman–Crippen MR) is 76.2 cm³/mol. The average Bonchev–Trinajstić information content (AvgIpc) is 2.79. The van der Waals surface area contributed by atoms with Crippen LogP contribution < -0.4 is 5.32 Å². The van der Waals surface area contributed by atoms with Crippen LogP contribution in [-0.4, -0.2) is 15.7 Å². The highest BCUT2D eigenvalue weighted by Gasteiger charge is 2.16. The summed E-state index contributed by atoms with van der Waals surface area (Å²) in [5.41, 5.74) is 4.10. The first-order chi connectivity index (χ1) is 8.97. The van der Waals surface area contributed by atoms with Gasteiger partial charge in [-0.05, 0) is 50.5 Å². The summed E-state index contributed by atoms with van der Waals surface area (Å²) in [5.74, 6) is -0.0585. The maximum absolute atomic E-state index is 12.2. The summed E-state index contributed by atoms with van der Waals surface area (Å²) in [7, 11) is 0. The highest BCUT2D eigenvalue weighted by atomic mass is 16.2. The molecule has 1 N–H and O–H groups in total. The number of anilines is 1. The van der Waals surface area contributed by atoms with Crippen molar-refractivity contribution in [2.45, 2.75) is 33.7 Å². The van der Waals surface area contributed by atoms with Crippen LogP contribution in [0.3, 0.4) is 0 Å². The van der Waals surface area contributed by atoms with Gasteiger partial charge in [0.05, 0.1) is 6.20 Å². The number of carbonyl (C=O) groups excluding carboxylic acids is 1. The van der Waals surface area contributed by atoms with Crippen LogP contribution in [0.4, 0.5) is 5.69 Å². The number of benzene rings is 1. The van der Waals surface area contributed by atoms with Gasteiger partial charge in [-0.2, -0.15) is 5.10 Å². The van der Waals surface area contributed by atoms with Gasteiger partial charge in [-0.1, -0.05) is 12.1 Å². The number of nitrogens with one attached hydrogen (secondary N) is 1. The van der Waals surface area contributed by atoms with E-state index in [4.69, 9.17) is 0 Å². The van der Waals surface area contributed by atoms with Gasteiger partial charge < -0.3 is 5.32 Å². The molecule has 0 bridgehead atoms.